The van der Waals surface area contributed by atoms with E-state index >= 15 is 0 Å². The number of ether oxygens (including phenoxy) is 1. The Kier molecular flexibility index (Phi) is 5.29. The molecule has 0 saturated carbocycles. The van der Waals surface area contributed by atoms with Crippen molar-refractivity contribution < 1.29 is 14.6 Å². The van der Waals surface area contributed by atoms with Crippen molar-refractivity contribution in [1.82, 2.24) is 5.32 Å². The highest BCUT2D eigenvalue weighted by molar-refractivity contribution is 5.89. The Bertz CT molecular complexity index is 527. The molecule has 0 aliphatic carbocycles. The van der Waals surface area contributed by atoms with Gasteiger partial charge in [0.2, 0.25) is 0 Å². The van der Waals surface area contributed by atoms with Crippen molar-refractivity contribution in [2.45, 2.75) is 46.1 Å². The van der Waals surface area contributed by atoms with Gasteiger partial charge in [0, 0.05) is 12.2 Å². The zero-order valence-electron chi connectivity index (χ0n) is 13.6. The van der Waals surface area contributed by atoms with Crippen molar-refractivity contribution >= 4 is 11.7 Å². The van der Waals surface area contributed by atoms with Crippen molar-refractivity contribution in [1.29, 1.82) is 0 Å². The van der Waals surface area contributed by atoms with Gasteiger partial charge in [0.25, 0.3) is 0 Å². The second-order valence-electron chi connectivity index (χ2n) is 6.80. The summed E-state index contributed by atoms with van der Waals surface area (Å²) in [4.78, 5) is 12.0. The Morgan fingerprint density at radius 1 is 1.45 bits per heavy atom. The average Bonchev–Trinajstić information content (AvgIpc) is 2.44. The molecule has 0 fully saturated rings. The molecule has 2 amide bonds. The summed E-state index contributed by atoms with van der Waals surface area (Å²) >= 11 is 0. The van der Waals surface area contributed by atoms with Crippen LogP contribution in [-0.4, -0.2) is 30.4 Å². The van der Waals surface area contributed by atoms with E-state index in [4.69, 9.17) is 4.74 Å². The summed E-state index contributed by atoms with van der Waals surface area (Å²) in [5, 5.41) is 15.2. The molecule has 0 aromatic heterocycles. The Hall–Kier alpha value is -1.75. The highest BCUT2D eigenvalue weighted by atomic mass is 16.5. The van der Waals surface area contributed by atoms with E-state index in [0.717, 1.165) is 36.4 Å². The number of carbonyl (C=O) groups excluding carboxylic acids is 1. The molecular formula is C17H26N2O3. The van der Waals surface area contributed by atoms with Crippen LogP contribution in [0.25, 0.3) is 0 Å². The van der Waals surface area contributed by atoms with Crippen LogP contribution in [0.5, 0.6) is 5.75 Å². The fourth-order valence-corrected chi connectivity index (χ4v) is 2.80. The van der Waals surface area contributed by atoms with Gasteiger partial charge in [-0.15, -0.1) is 0 Å². The van der Waals surface area contributed by atoms with Crippen LogP contribution in [0.15, 0.2) is 18.2 Å². The van der Waals surface area contributed by atoms with E-state index < -0.39 is 0 Å². The number of rotatable bonds is 5. The van der Waals surface area contributed by atoms with Gasteiger partial charge in [0.05, 0.1) is 12.7 Å². The first-order valence-electron chi connectivity index (χ1n) is 7.84. The normalized spacial score (nSPS) is 15.5. The van der Waals surface area contributed by atoms with E-state index in [9.17, 15) is 9.90 Å². The van der Waals surface area contributed by atoms with E-state index in [1.54, 1.807) is 6.92 Å². The summed E-state index contributed by atoms with van der Waals surface area (Å²) in [6, 6.07) is 5.50. The number of aliphatic hydroxyl groups is 1. The fraction of sp³-hybridized carbons (Fsp3) is 0.588. The Morgan fingerprint density at radius 3 is 2.95 bits per heavy atom. The first-order valence-corrected chi connectivity index (χ1v) is 7.84. The summed E-state index contributed by atoms with van der Waals surface area (Å²) in [5.74, 6) is 0.912. The Balaban J connectivity index is 1.87. The third-order valence-electron chi connectivity index (χ3n) is 3.74. The van der Waals surface area contributed by atoms with E-state index in [1.165, 1.54) is 0 Å². The van der Waals surface area contributed by atoms with Crippen LogP contribution in [0.2, 0.25) is 0 Å². The molecule has 1 aromatic rings. The summed E-state index contributed by atoms with van der Waals surface area (Å²) in [6.07, 6.45) is 2.26. The number of carbonyl (C=O) groups is 1. The summed E-state index contributed by atoms with van der Waals surface area (Å²) < 4.78 is 5.56. The number of urea groups is 1. The second-order valence-corrected chi connectivity index (χ2v) is 6.80. The molecule has 22 heavy (non-hydrogen) atoms. The summed E-state index contributed by atoms with van der Waals surface area (Å²) in [6.45, 7) is 7.08. The van der Waals surface area contributed by atoms with Crippen molar-refractivity contribution in [3.8, 4) is 5.75 Å². The highest BCUT2D eigenvalue weighted by Crippen LogP contribution is 2.27. The van der Waals surface area contributed by atoms with E-state index in [1.807, 2.05) is 32.0 Å². The SMILES string of the molecule is C[C@H](O)CC(C)(C)CNC(=O)Nc1ccc2c(c1)CCCO2. The first kappa shape index (κ1) is 16.6. The van der Waals surface area contributed by atoms with Crippen molar-refractivity contribution in [2.24, 2.45) is 5.41 Å². The number of anilines is 1. The smallest absolute Gasteiger partial charge is 0.319 e. The Morgan fingerprint density at radius 2 is 2.23 bits per heavy atom. The predicted octanol–water partition coefficient (Wildman–Crippen LogP) is 2.93. The largest absolute Gasteiger partial charge is 0.493 e. The molecule has 5 heteroatoms. The number of benzene rings is 1. The minimum atomic E-state index is -0.375. The molecule has 1 heterocycles. The minimum absolute atomic E-state index is 0.144. The quantitative estimate of drug-likeness (QED) is 0.783. The van der Waals surface area contributed by atoms with Gasteiger partial charge in [-0.1, -0.05) is 13.8 Å². The van der Waals surface area contributed by atoms with Crippen molar-refractivity contribution in [3.63, 3.8) is 0 Å². The maximum Gasteiger partial charge on any atom is 0.319 e. The standard InChI is InChI=1S/C17H26N2O3/c1-12(20)10-17(2,3)11-18-16(21)19-14-6-7-15-13(9-14)5-4-8-22-15/h6-7,9,12,20H,4-5,8,10-11H2,1-3H3,(H2,18,19,21)/t12-/m0/s1. The zero-order valence-corrected chi connectivity index (χ0v) is 13.6. The molecule has 1 atom stereocenters. The van der Waals surface area contributed by atoms with E-state index in [2.05, 4.69) is 10.6 Å². The number of fused-ring (bicyclic) bond motifs is 1. The van der Waals surface area contributed by atoms with Gasteiger partial charge in [-0.05, 0) is 55.4 Å². The van der Waals surface area contributed by atoms with Crippen LogP contribution in [-0.2, 0) is 6.42 Å². The minimum Gasteiger partial charge on any atom is -0.493 e. The number of amides is 2. The monoisotopic (exact) mass is 306 g/mol. The van der Waals surface area contributed by atoms with Crippen LogP contribution in [0, 0.1) is 5.41 Å². The lowest BCUT2D eigenvalue weighted by atomic mass is 9.87. The zero-order chi connectivity index (χ0) is 16.2. The van der Waals surface area contributed by atoms with E-state index in [0.29, 0.717) is 13.0 Å². The van der Waals surface area contributed by atoms with Crippen LogP contribution in [0.1, 0.15) is 39.2 Å². The summed E-state index contributed by atoms with van der Waals surface area (Å²) in [5.41, 5.74) is 1.77. The molecule has 0 spiro atoms. The maximum atomic E-state index is 12.0. The third kappa shape index (κ3) is 4.91. The highest BCUT2D eigenvalue weighted by Gasteiger charge is 2.21. The lowest BCUT2D eigenvalue weighted by Gasteiger charge is -2.26. The molecule has 2 rings (SSSR count). The molecule has 0 radical (unpaired) electrons. The van der Waals surface area contributed by atoms with Crippen LogP contribution in [0.3, 0.4) is 0 Å². The van der Waals surface area contributed by atoms with Gasteiger partial charge >= 0.3 is 6.03 Å². The third-order valence-corrected chi connectivity index (χ3v) is 3.74. The fourth-order valence-electron chi connectivity index (χ4n) is 2.80. The second kappa shape index (κ2) is 7.01. The molecule has 1 aliphatic heterocycles. The molecule has 1 aliphatic rings. The molecule has 0 unspecified atom stereocenters. The molecule has 1 aromatic carbocycles. The number of aryl methyl sites for hydroxylation is 1. The average molecular weight is 306 g/mol. The van der Waals surface area contributed by atoms with Crippen LogP contribution >= 0.6 is 0 Å². The van der Waals surface area contributed by atoms with Gasteiger partial charge in [-0.25, -0.2) is 4.79 Å². The summed E-state index contributed by atoms with van der Waals surface area (Å²) in [7, 11) is 0. The number of nitrogens with one attached hydrogen (secondary N) is 2. The van der Waals surface area contributed by atoms with Crippen LogP contribution < -0.4 is 15.4 Å². The molecule has 3 N–H and O–H groups in total. The predicted molar refractivity (Wildman–Crippen MR) is 87.4 cm³/mol. The molecular weight excluding hydrogens is 280 g/mol. The molecule has 5 nitrogen and oxygen atoms in total. The van der Waals surface area contributed by atoms with Crippen molar-refractivity contribution in [2.75, 3.05) is 18.5 Å². The van der Waals surface area contributed by atoms with E-state index in [-0.39, 0.29) is 17.6 Å². The topological polar surface area (TPSA) is 70.6 Å². The molecule has 0 bridgehead atoms. The number of hydrogen-bond acceptors (Lipinski definition) is 3. The van der Waals surface area contributed by atoms with Gasteiger partial charge in [0.1, 0.15) is 5.75 Å². The maximum absolute atomic E-state index is 12.0. The number of hydrogen-bond donors (Lipinski definition) is 3. The lowest BCUT2D eigenvalue weighted by molar-refractivity contribution is 0.129. The Labute approximate surface area is 132 Å². The van der Waals surface area contributed by atoms with Crippen LogP contribution in [0.4, 0.5) is 10.5 Å². The molecule has 0 saturated heterocycles. The lowest BCUT2D eigenvalue weighted by Crippen LogP contribution is -2.38. The van der Waals surface area contributed by atoms with Crippen molar-refractivity contribution in [3.05, 3.63) is 23.8 Å². The first-order chi connectivity index (χ1) is 10.4. The van der Waals surface area contributed by atoms with Gasteiger partial charge < -0.3 is 20.5 Å². The molecule has 122 valence electrons. The van der Waals surface area contributed by atoms with Gasteiger partial charge in [0.15, 0.2) is 0 Å². The van der Waals surface area contributed by atoms with Gasteiger partial charge in [-0.3, -0.25) is 0 Å². The van der Waals surface area contributed by atoms with Gasteiger partial charge in [-0.2, -0.15) is 0 Å². The number of aliphatic hydroxyl groups excluding tert-OH is 1.